The Morgan fingerprint density at radius 2 is 0.909 bits per heavy atom. The number of anilines is 7. The van der Waals surface area contributed by atoms with Crippen LogP contribution in [0.3, 0.4) is 0 Å². The zero-order valence-corrected chi connectivity index (χ0v) is 38.1. The van der Waals surface area contributed by atoms with Gasteiger partial charge in [-0.2, -0.15) is 4.51 Å². The average Bonchev–Trinajstić information content (AvgIpc) is 3.66. The van der Waals surface area contributed by atoms with E-state index >= 15 is 0 Å². The normalized spacial score (nSPS) is 15.9. The van der Waals surface area contributed by atoms with Crippen molar-refractivity contribution in [3.63, 3.8) is 0 Å². The number of nitrogens with zero attached hydrogens (tertiary/aromatic N) is 4. The highest BCUT2D eigenvalue weighted by atomic mass is 35.5. The molecule has 0 atom stereocenters. The number of aliphatic imine (C=N–C) groups is 2. The maximum atomic E-state index is 13.8. The molecular weight excluding hydrogens is 931 g/mol. The zero-order valence-electron chi connectivity index (χ0n) is 35.1. The molecule has 0 bridgehead atoms. The predicted molar refractivity (Wildman–Crippen MR) is 266 cm³/mol. The molecule has 0 aliphatic carbocycles. The molecule has 12 nitrogen and oxygen atoms in total. The molecule has 66 heavy (non-hydrogen) atoms. The molecule has 340 valence electrons. The third kappa shape index (κ3) is 11.0. The van der Waals surface area contributed by atoms with E-state index in [2.05, 4.69) is 51.6 Å². The molecular formula is C47H43Cl4F3N12. The lowest BCUT2D eigenvalue weighted by Gasteiger charge is -2.30. The van der Waals surface area contributed by atoms with Gasteiger partial charge in [0.05, 0.1) is 49.2 Å². The molecule has 2 fully saturated rings. The number of nitrogens with two attached hydrogens (primary N) is 1. The Hall–Kier alpha value is -6.04. The van der Waals surface area contributed by atoms with E-state index in [0.717, 1.165) is 91.9 Å². The Morgan fingerprint density at radius 1 is 0.485 bits per heavy atom. The second-order valence-electron chi connectivity index (χ2n) is 15.1. The zero-order chi connectivity index (χ0) is 46.2. The number of benzene rings is 6. The Labute approximate surface area is 399 Å². The van der Waals surface area contributed by atoms with E-state index in [4.69, 9.17) is 57.3 Å². The number of piperazine rings is 2. The monoisotopic (exact) mass is 972 g/mol. The maximum absolute atomic E-state index is 13.8. The molecule has 2 saturated heterocycles. The quantitative estimate of drug-likeness (QED) is 0.0744. The molecule has 0 spiro atoms. The van der Waals surface area contributed by atoms with Gasteiger partial charge in [-0.05, 0) is 54.6 Å². The Morgan fingerprint density at radius 3 is 1.47 bits per heavy atom. The predicted octanol–water partition coefficient (Wildman–Crippen LogP) is 10.8. The van der Waals surface area contributed by atoms with Crippen LogP contribution < -0.4 is 43.0 Å². The number of fused-ring (bicyclic) bond motifs is 6. The molecule has 11 rings (SSSR count). The van der Waals surface area contributed by atoms with Crippen molar-refractivity contribution in [2.24, 2.45) is 20.2 Å². The van der Waals surface area contributed by atoms with Gasteiger partial charge in [-0.25, -0.2) is 23.2 Å². The molecule has 6 aromatic rings. The second-order valence-corrected chi connectivity index (χ2v) is 16.5. The maximum Gasteiger partial charge on any atom is 0.154 e. The number of hydrogen-bond acceptors (Lipinski definition) is 11. The van der Waals surface area contributed by atoms with E-state index in [1.165, 1.54) is 30.3 Å². The minimum Gasteiger partial charge on any atom is -0.383 e. The van der Waals surface area contributed by atoms with Gasteiger partial charge in [0.2, 0.25) is 0 Å². The summed E-state index contributed by atoms with van der Waals surface area (Å²) in [5, 5.41) is 22.5. The second kappa shape index (κ2) is 21.5. The largest absolute Gasteiger partial charge is 0.383 e. The van der Waals surface area contributed by atoms with Gasteiger partial charge in [0.1, 0.15) is 29.1 Å². The highest BCUT2D eigenvalue weighted by Crippen LogP contribution is 2.39. The molecule has 5 aliphatic heterocycles. The van der Waals surface area contributed by atoms with Crippen molar-refractivity contribution in [1.29, 1.82) is 0 Å². The van der Waals surface area contributed by atoms with E-state index in [1.54, 1.807) is 6.07 Å². The van der Waals surface area contributed by atoms with Crippen LogP contribution in [0.25, 0.3) is 0 Å². The first kappa shape index (κ1) is 46.5. The fourth-order valence-corrected chi connectivity index (χ4v) is 8.01. The van der Waals surface area contributed by atoms with Gasteiger partial charge in [-0.1, -0.05) is 71.2 Å². The number of nitrogens with one attached hydrogen (secondary N) is 7. The van der Waals surface area contributed by atoms with E-state index in [0.29, 0.717) is 45.8 Å². The van der Waals surface area contributed by atoms with Crippen LogP contribution in [0.2, 0.25) is 15.1 Å². The Balaban J connectivity index is 0.000000127. The molecule has 5 aliphatic rings. The Bertz CT molecular complexity index is 2820. The van der Waals surface area contributed by atoms with Crippen molar-refractivity contribution >= 4 is 115 Å². The molecule has 0 amide bonds. The Kier molecular flexibility index (Phi) is 15.2. The van der Waals surface area contributed by atoms with Gasteiger partial charge in [0.25, 0.3) is 0 Å². The van der Waals surface area contributed by atoms with Crippen LogP contribution in [-0.2, 0) is 0 Å². The summed E-state index contributed by atoms with van der Waals surface area (Å²) in [4.78, 5) is 11.3. The van der Waals surface area contributed by atoms with Crippen LogP contribution in [0.15, 0.2) is 124 Å². The third-order valence-corrected chi connectivity index (χ3v) is 11.7. The highest BCUT2D eigenvalue weighted by molar-refractivity contribution is 6.32. The van der Waals surface area contributed by atoms with E-state index in [-0.39, 0.29) is 15.1 Å². The van der Waals surface area contributed by atoms with Crippen LogP contribution in [0.1, 0.15) is 16.7 Å². The van der Waals surface area contributed by atoms with Gasteiger partial charge in [0, 0.05) is 116 Å². The number of halogens is 7. The lowest BCUT2D eigenvalue weighted by atomic mass is 10.1. The van der Waals surface area contributed by atoms with Crippen LogP contribution in [0, 0.1) is 17.5 Å². The van der Waals surface area contributed by atoms with Crippen LogP contribution in [0.4, 0.5) is 64.4 Å². The molecule has 5 heterocycles. The summed E-state index contributed by atoms with van der Waals surface area (Å²) in [6, 6.07) is 31.4. The van der Waals surface area contributed by atoms with Crippen molar-refractivity contribution < 1.29 is 13.2 Å². The molecule has 9 N–H and O–H groups in total. The van der Waals surface area contributed by atoms with Crippen molar-refractivity contribution in [2.75, 3.05) is 73.6 Å². The fraction of sp³-hybridized carbons (Fsp3) is 0.170. The topological polar surface area (TPSA) is 151 Å². The van der Waals surface area contributed by atoms with Crippen LogP contribution in [0.5, 0.6) is 0 Å². The van der Waals surface area contributed by atoms with E-state index < -0.39 is 17.5 Å². The minimum absolute atomic E-state index is 0.0260. The number of amidine groups is 3. The minimum atomic E-state index is -0.490. The van der Waals surface area contributed by atoms with Gasteiger partial charge in [-0.15, -0.1) is 0 Å². The third-order valence-electron chi connectivity index (χ3n) is 10.7. The summed E-state index contributed by atoms with van der Waals surface area (Å²) in [5.74, 6) is 0.326. The molecule has 0 unspecified atom stereocenters. The first-order valence-corrected chi connectivity index (χ1v) is 22.4. The van der Waals surface area contributed by atoms with Gasteiger partial charge in [0.15, 0.2) is 5.84 Å². The summed E-state index contributed by atoms with van der Waals surface area (Å²) in [7, 11) is 0. The van der Waals surface area contributed by atoms with Crippen molar-refractivity contribution in [2.45, 2.75) is 0 Å². The summed E-state index contributed by atoms with van der Waals surface area (Å²) in [6.07, 6.45) is 0. The van der Waals surface area contributed by atoms with Crippen LogP contribution >= 0.6 is 46.6 Å². The van der Waals surface area contributed by atoms with Gasteiger partial charge in [-0.3, -0.25) is 0 Å². The molecule has 6 aromatic carbocycles. The van der Waals surface area contributed by atoms with Crippen molar-refractivity contribution in [3.8, 4) is 0 Å². The number of hydrogen-bond donors (Lipinski definition) is 8. The summed E-state index contributed by atoms with van der Waals surface area (Å²) in [6.45, 7) is 8.17. The molecule has 0 aromatic heterocycles. The molecule has 0 saturated carbocycles. The van der Waals surface area contributed by atoms with Crippen molar-refractivity contribution in [3.05, 3.63) is 158 Å². The highest BCUT2D eigenvalue weighted by Gasteiger charge is 2.24. The molecule has 0 radical (unpaired) electrons. The van der Waals surface area contributed by atoms with Gasteiger partial charge < -0.3 is 47.9 Å². The average molecular weight is 975 g/mol. The van der Waals surface area contributed by atoms with E-state index in [9.17, 15) is 13.2 Å². The lowest BCUT2D eigenvalue weighted by molar-refractivity contribution is 0.358. The first-order chi connectivity index (χ1) is 32.1. The van der Waals surface area contributed by atoms with Gasteiger partial charge >= 0.3 is 0 Å². The first-order valence-electron chi connectivity index (χ1n) is 20.9. The summed E-state index contributed by atoms with van der Waals surface area (Å²) < 4.78 is 44.5. The number of rotatable bonds is 0. The SMILES string of the molecule is C1CNCCN1.Fc1cc2c(cc1Cl)N=C(N1CCNCC1)c1ccccc1N2.Fc1cc2c(cc1Cl)NC(=NCl)c1ccccc1N2.NC1=Nc2cc(Cl)c(F)cc2Nc2ccccc21. The number of para-hydroxylation sites is 3. The van der Waals surface area contributed by atoms with E-state index in [1.807, 2.05) is 72.8 Å². The summed E-state index contributed by atoms with van der Waals surface area (Å²) in [5.41, 5.74) is 14.6. The van der Waals surface area contributed by atoms with Crippen molar-refractivity contribution in [1.82, 2.24) is 20.9 Å². The fourth-order valence-electron chi connectivity index (χ4n) is 7.40. The standard InChI is InChI=1S/C17H16ClFN4.C13H8Cl2FN3.C13H9ClFN3.C4H10N2/c18-12-9-15-16(10-13(12)19)21-14-4-2-1-3-11(14)17(22-15)23-7-5-20-6-8-23;14-8-5-11-12(6-9(8)16)17-10-4-2-1-3-7(10)13(18-11)19-15;14-8-5-11-12(6-9(8)15)17-10-4-2-1-3-7(10)13(16)18-11;1-2-6-4-3-5-1/h1-4,9-10,20-21H,5-8H2;1-6,17H,(H,18,19);1-6,17H,(H2,16,18);5-6H,1-4H2. The van der Waals surface area contributed by atoms with Crippen LogP contribution in [-0.4, -0.2) is 74.8 Å². The molecule has 19 heteroatoms. The smallest absolute Gasteiger partial charge is 0.154 e. The lowest BCUT2D eigenvalue weighted by Crippen LogP contribution is -2.46. The summed E-state index contributed by atoms with van der Waals surface area (Å²) >= 11 is 23.1.